The molecular weight excluding hydrogens is 1850 g/mol. The summed E-state index contributed by atoms with van der Waals surface area (Å²) in [6.45, 7) is 4.53. The second-order valence-corrected chi connectivity index (χ2v) is 38.1. The van der Waals surface area contributed by atoms with Gasteiger partial charge < -0.3 is 13.3 Å². The number of para-hydroxylation sites is 2. The molecule has 12 heterocycles. The van der Waals surface area contributed by atoms with E-state index in [2.05, 4.69) is 242 Å². The van der Waals surface area contributed by atoms with Crippen molar-refractivity contribution in [3.63, 3.8) is 0 Å². The van der Waals surface area contributed by atoms with Gasteiger partial charge in [0.15, 0.2) is 15.5 Å². The topological polar surface area (TPSA) is 205 Å². The van der Waals surface area contributed by atoms with E-state index in [0.29, 0.717) is 66.3 Å². The predicted octanol–water partition coefficient (Wildman–Crippen LogP) is 33.5. The molecule has 1 aliphatic carbocycles. The summed E-state index contributed by atoms with van der Waals surface area (Å²) < 4.78 is 25.0. The van der Waals surface area contributed by atoms with Crippen LogP contribution in [0, 0.1) is 11.3 Å². The molecule has 0 N–H and O–H groups in total. The first-order valence-electron chi connectivity index (χ1n) is 43.4. The molecule has 12 aromatic heterocycles. The number of thiophene rings is 3. The van der Waals surface area contributed by atoms with E-state index in [4.69, 9.17) is 91.5 Å². The highest BCUT2D eigenvalue weighted by Crippen LogP contribution is 2.52. The minimum absolute atomic E-state index is 0.0751. The van der Waals surface area contributed by atoms with Crippen molar-refractivity contribution < 1.29 is 13.3 Å². The molecule has 0 unspecified atom stereocenters. The zero-order valence-corrected chi connectivity index (χ0v) is 77.8. The first-order valence-corrected chi connectivity index (χ1v) is 47.7. The number of fused-ring (bicyclic) bond motifs is 26. The quantitative estimate of drug-likeness (QED) is 0.112. The second-order valence-electron chi connectivity index (χ2n) is 33.2. The third-order valence-electron chi connectivity index (χ3n) is 24.9. The molecule has 15 aromatic carbocycles. The Kier molecular flexibility index (Phi) is 21.1. The van der Waals surface area contributed by atoms with Crippen LogP contribution in [0.3, 0.4) is 0 Å². The summed E-state index contributed by atoms with van der Waals surface area (Å²) in [5.74, 6) is 0. The number of nitrogens with zero attached hydrogens (tertiary/aromatic N) is 12. The van der Waals surface area contributed by atoms with Crippen LogP contribution in [0.1, 0.15) is 30.5 Å². The van der Waals surface area contributed by atoms with E-state index < -0.39 is 0 Å². The van der Waals surface area contributed by atoms with E-state index in [-0.39, 0.29) is 16.0 Å². The fourth-order valence-electron chi connectivity index (χ4n) is 18.5. The molecule has 27 aromatic rings. The van der Waals surface area contributed by atoms with Gasteiger partial charge in [0.05, 0.1) is 43.5 Å². The van der Waals surface area contributed by atoms with Crippen molar-refractivity contribution in [1.29, 1.82) is 5.26 Å². The van der Waals surface area contributed by atoms with Crippen molar-refractivity contribution in [2.75, 3.05) is 0 Å². The van der Waals surface area contributed by atoms with Crippen molar-refractivity contribution in [3.05, 3.63) is 389 Å². The highest BCUT2D eigenvalue weighted by atomic mass is 35.5. The Labute approximate surface area is 810 Å². The normalized spacial score (nSPS) is 12.1. The molecule has 0 radical (unpaired) electrons. The molecule has 1 aliphatic rings. The average molecular weight is 1910 g/mol. The average Bonchev–Trinajstić information content (AvgIpc) is 1.57. The van der Waals surface area contributed by atoms with Crippen molar-refractivity contribution in [2.45, 2.75) is 19.3 Å². The molecule has 0 fully saturated rings. The summed E-state index contributed by atoms with van der Waals surface area (Å²) >= 11 is 37.3. The van der Waals surface area contributed by atoms with Gasteiger partial charge in [0, 0.05) is 124 Å². The standard InChI is InChI=1S/C31H16ClN3OS.C25H17ClN2O.C22H11ClN2S2.C18H11ClN2.C17H8ClN3O/c32-30-26(22-12-6-11-21-19-13-14-33-16-25(19)37-29(21)22)35-31-27(34-30)24-15-23(17-7-2-1-3-8-17)18-9-4-5-10-20(18)28(24)36-31;1-25(2)18-9-5-3-7-15(18)16-12-11-14(13-19(16)25)21-23(26)28-24-22(27-21)17-8-4-6-10-20(17)29-24;23-22-24-19(21-20(25-22)15-6-2-4-8-17(15)27-21)12-9-10-14-13-5-1-3-7-16(13)26-18(14)11-12;19-18-20-16(13-7-2-1-3-8-13)15-11-10-12-6-4-5-9-14(12)17(15)21-18;18-16-14(11-7-5-10(9-19)6-8-11)21-17-15(20-16)12-3-1-2-4-13(12)22-17/h1-16H;3-13H,1-2H3;1-11H;1-11H;1-8H. The smallest absolute Gasteiger partial charge is 0.247 e. The molecule has 0 saturated carbocycles. The van der Waals surface area contributed by atoms with Gasteiger partial charge in [-0.2, -0.15) is 10.2 Å². The van der Waals surface area contributed by atoms with E-state index >= 15 is 0 Å². The zero-order valence-electron chi connectivity index (χ0n) is 71.6. The van der Waals surface area contributed by atoms with Gasteiger partial charge in [-0.3, -0.25) is 4.98 Å². The van der Waals surface area contributed by atoms with Crippen LogP contribution in [0.4, 0.5) is 0 Å². The number of aromatic nitrogens is 11. The minimum atomic E-state index is -0.0751. The summed E-state index contributed by atoms with van der Waals surface area (Å²) in [6.07, 6.45) is 3.72. The van der Waals surface area contributed by atoms with Crippen LogP contribution in [-0.2, 0) is 5.41 Å². The van der Waals surface area contributed by atoms with E-state index in [1.54, 1.807) is 46.9 Å². The van der Waals surface area contributed by atoms with Crippen LogP contribution in [0.5, 0.6) is 0 Å². The van der Waals surface area contributed by atoms with Crippen molar-refractivity contribution in [3.8, 4) is 84.6 Å². The van der Waals surface area contributed by atoms with Crippen LogP contribution in [0.2, 0.25) is 26.0 Å². The Morgan fingerprint density at radius 3 is 1.56 bits per heavy atom. The van der Waals surface area contributed by atoms with Crippen LogP contribution in [0.15, 0.2) is 359 Å². The zero-order chi connectivity index (χ0) is 91.6. The lowest BCUT2D eigenvalue weighted by Gasteiger charge is -2.21. The van der Waals surface area contributed by atoms with Gasteiger partial charge in [0.25, 0.3) is 0 Å². The second kappa shape index (κ2) is 34.3. The Morgan fingerprint density at radius 1 is 0.287 bits per heavy atom. The van der Waals surface area contributed by atoms with Gasteiger partial charge in [-0.1, -0.05) is 303 Å². The molecule has 0 amide bonds. The largest absolute Gasteiger partial charge is 0.436 e. The number of halogens is 5. The van der Waals surface area contributed by atoms with E-state index in [9.17, 15) is 0 Å². The van der Waals surface area contributed by atoms with Gasteiger partial charge in [-0.05, 0) is 146 Å². The van der Waals surface area contributed by atoms with Crippen molar-refractivity contribution >= 4 is 252 Å². The monoisotopic (exact) mass is 1910 g/mol. The van der Waals surface area contributed by atoms with Crippen LogP contribution in [-0.4, -0.2) is 54.8 Å². The highest BCUT2D eigenvalue weighted by Gasteiger charge is 2.36. The third-order valence-corrected chi connectivity index (χ3v) is 29.5. The number of nitriles is 1. The molecular formula is C113H63Cl5N12O3S3. The Morgan fingerprint density at radius 2 is 0.801 bits per heavy atom. The Balaban J connectivity index is 0.0000000944. The lowest BCUT2D eigenvalue weighted by Crippen LogP contribution is -2.14. The molecule has 23 heteroatoms. The summed E-state index contributed by atoms with van der Waals surface area (Å²) in [5, 5.41) is 24.6. The number of furan rings is 3. The summed E-state index contributed by atoms with van der Waals surface area (Å²) in [4.78, 5) is 50.3. The fourth-order valence-corrected chi connectivity index (χ4v) is 23.0. The molecule has 646 valence electrons. The molecule has 0 saturated heterocycles. The number of hydrogen-bond acceptors (Lipinski definition) is 18. The van der Waals surface area contributed by atoms with E-state index in [0.717, 1.165) is 152 Å². The maximum Gasteiger partial charge on any atom is 0.247 e. The van der Waals surface area contributed by atoms with Crippen molar-refractivity contribution in [2.24, 2.45) is 0 Å². The first kappa shape index (κ1) is 83.7. The van der Waals surface area contributed by atoms with E-state index in [1.807, 2.05) is 151 Å². The van der Waals surface area contributed by atoms with Gasteiger partial charge >= 0.3 is 0 Å². The van der Waals surface area contributed by atoms with Crippen LogP contribution < -0.4 is 0 Å². The molecule has 28 rings (SSSR count). The van der Waals surface area contributed by atoms with E-state index in [1.165, 1.54) is 52.5 Å². The lowest BCUT2D eigenvalue weighted by atomic mass is 9.82. The van der Waals surface area contributed by atoms with Gasteiger partial charge in [0.2, 0.25) is 27.7 Å². The summed E-state index contributed by atoms with van der Waals surface area (Å²) in [5.41, 5.74) is 23.9. The van der Waals surface area contributed by atoms with Crippen molar-refractivity contribution in [1.82, 2.24) is 54.8 Å². The number of rotatable bonds is 6. The van der Waals surface area contributed by atoms with Gasteiger partial charge in [-0.15, -0.1) is 34.0 Å². The summed E-state index contributed by atoms with van der Waals surface area (Å²) in [6, 6.07) is 114. The molecule has 0 bridgehead atoms. The van der Waals surface area contributed by atoms with Gasteiger partial charge in [0.1, 0.15) is 50.4 Å². The highest BCUT2D eigenvalue weighted by molar-refractivity contribution is 7.27. The molecule has 0 atom stereocenters. The predicted molar refractivity (Wildman–Crippen MR) is 561 cm³/mol. The molecule has 136 heavy (non-hydrogen) atoms. The fraction of sp³-hybridized carbons (Fsp3) is 0.0265. The van der Waals surface area contributed by atoms with Crippen LogP contribution in [0.25, 0.3) is 238 Å². The first-order chi connectivity index (χ1) is 66.7. The number of hydrogen-bond donors (Lipinski definition) is 0. The maximum absolute atomic E-state index is 8.86. The molecule has 0 aliphatic heterocycles. The van der Waals surface area contributed by atoms with Gasteiger partial charge in [-0.25, -0.2) is 44.9 Å². The Hall–Kier alpha value is -15.4. The summed E-state index contributed by atoms with van der Waals surface area (Å²) in [7, 11) is 0. The maximum atomic E-state index is 8.86. The third kappa shape index (κ3) is 14.7. The lowest BCUT2D eigenvalue weighted by molar-refractivity contribution is 0.653. The SMILES string of the molecule is CC1(C)c2ccccc2-c2ccc(-c3nc4c(nc3Cl)oc3ccccc34)cc21.Clc1nc(-c2ccc3c(c2)sc2ccccc23)c2sc3ccccc3c2n1.Clc1nc(-c2ccccc2)c2ccc3ccccc3c2n1.Clc1nc2c(nc1-c1cccc3c1sc1cnccc13)oc1c3ccccc3c(-c3ccccc3)cc21.N#Cc1ccc(-c2nc3oc4ccccc4c3nc2Cl)cc1. The van der Waals surface area contributed by atoms with Crippen LogP contribution >= 0.6 is 92.0 Å². The molecule has 0 spiro atoms. The Bertz CT molecular complexity index is 9620. The number of benzene rings is 15. The molecule has 15 nitrogen and oxygen atoms in total. The minimum Gasteiger partial charge on any atom is -0.436 e. The number of pyridine rings is 1.